The maximum atomic E-state index is 10.7. The minimum Gasteiger partial charge on any atom is -0.396 e. The van der Waals surface area contributed by atoms with Crippen molar-refractivity contribution in [3.05, 3.63) is 11.6 Å². The van der Waals surface area contributed by atoms with Crippen molar-refractivity contribution in [2.24, 2.45) is 40.4 Å². The third-order valence-electron chi connectivity index (χ3n) is 10.9. The molecule has 4 rings (SSSR count). The highest BCUT2D eigenvalue weighted by molar-refractivity contribution is 5.26. The van der Waals surface area contributed by atoms with Crippen molar-refractivity contribution in [3.63, 3.8) is 0 Å². The molecule has 0 aromatic heterocycles. The molecule has 0 radical (unpaired) electrons. The van der Waals surface area contributed by atoms with Gasteiger partial charge < -0.3 is 15.3 Å². The van der Waals surface area contributed by atoms with Crippen molar-refractivity contribution in [2.75, 3.05) is 6.61 Å². The van der Waals surface area contributed by atoms with Crippen LogP contribution in [-0.2, 0) is 0 Å². The highest BCUT2D eigenvalue weighted by Crippen LogP contribution is 2.67. The fraction of sp³-hybridized carbons (Fsp3) is 0.929. The first-order chi connectivity index (χ1) is 14.4. The first kappa shape index (κ1) is 23.8. The van der Waals surface area contributed by atoms with Crippen molar-refractivity contribution >= 4 is 0 Å². The zero-order valence-electron chi connectivity index (χ0n) is 20.8. The van der Waals surface area contributed by atoms with Gasteiger partial charge in [0.1, 0.15) is 0 Å². The van der Waals surface area contributed by atoms with Crippen molar-refractivity contribution < 1.29 is 15.3 Å². The molecule has 0 aromatic carbocycles. The standard InChI is InChI=1S/C28H48O3/c1-19(10-12-25(2,30)16-17-29)22-8-9-23-21-7-6-20-18-26(3,31)14-15-27(20,4)24(21)11-13-28(22,23)5/h6,19,21-24,29-31H,7-18H2,1-5H3/t19-,21+,22-,23+,24+,25?,26+,27+,28-/m1/s1. The summed E-state index contributed by atoms with van der Waals surface area (Å²) in [5, 5.41) is 30.5. The number of aliphatic hydroxyl groups is 3. The Morgan fingerprint density at radius 1 is 1.06 bits per heavy atom. The number of rotatable bonds is 6. The maximum absolute atomic E-state index is 10.7. The van der Waals surface area contributed by atoms with Crippen molar-refractivity contribution in [1.82, 2.24) is 0 Å². The number of fused-ring (bicyclic) bond motifs is 5. The van der Waals surface area contributed by atoms with Gasteiger partial charge in [-0.05, 0) is 125 Å². The summed E-state index contributed by atoms with van der Waals surface area (Å²) in [6, 6.07) is 0. The van der Waals surface area contributed by atoms with E-state index in [0.717, 1.165) is 55.8 Å². The summed E-state index contributed by atoms with van der Waals surface area (Å²) < 4.78 is 0. The van der Waals surface area contributed by atoms with Crippen LogP contribution in [0.15, 0.2) is 11.6 Å². The fourth-order valence-electron chi connectivity index (χ4n) is 8.89. The summed E-state index contributed by atoms with van der Waals surface area (Å²) in [6.45, 7) is 11.5. The second kappa shape index (κ2) is 8.13. The average molecular weight is 433 g/mol. The fourth-order valence-corrected chi connectivity index (χ4v) is 8.89. The summed E-state index contributed by atoms with van der Waals surface area (Å²) in [5.41, 5.74) is 1.06. The minimum atomic E-state index is -0.735. The van der Waals surface area contributed by atoms with Gasteiger partial charge in [-0.3, -0.25) is 0 Å². The van der Waals surface area contributed by atoms with Gasteiger partial charge in [0.15, 0.2) is 0 Å². The summed E-state index contributed by atoms with van der Waals surface area (Å²) in [4.78, 5) is 0. The van der Waals surface area contributed by atoms with E-state index in [1.165, 1.54) is 32.1 Å². The molecule has 0 amide bonds. The molecule has 4 aliphatic carbocycles. The molecule has 0 spiro atoms. The lowest BCUT2D eigenvalue weighted by atomic mass is 9.46. The lowest BCUT2D eigenvalue weighted by Gasteiger charge is -2.59. The number of aliphatic hydroxyl groups excluding tert-OH is 1. The van der Waals surface area contributed by atoms with Crippen LogP contribution in [0.3, 0.4) is 0 Å². The van der Waals surface area contributed by atoms with E-state index in [1.807, 2.05) is 13.8 Å². The third-order valence-corrected chi connectivity index (χ3v) is 10.9. The number of hydrogen-bond acceptors (Lipinski definition) is 3. The van der Waals surface area contributed by atoms with E-state index in [0.29, 0.717) is 23.2 Å². The van der Waals surface area contributed by atoms with E-state index >= 15 is 0 Å². The third kappa shape index (κ3) is 4.17. The maximum Gasteiger partial charge on any atom is 0.0657 e. The Labute approximate surface area is 190 Å². The van der Waals surface area contributed by atoms with Gasteiger partial charge in [0, 0.05) is 6.61 Å². The summed E-state index contributed by atoms with van der Waals surface area (Å²) in [7, 11) is 0. The minimum absolute atomic E-state index is 0.0668. The van der Waals surface area contributed by atoms with Crippen LogP contribution in [-0.4, -0.2) is 33.1 Å². The quantitative estimate of drug-likeness (QED) is 0.460. The molecule has 178 valence electrons. The monoisotopic (exact) mass is 432 g/mol. The van der Waals surface area contributed by atoms with E-state index in [1.54, 1.807) is 5.57 Å². The molecule has 3 fully saturated rings. The molecule has 0 bridgehead atoms. The normalized spacial score (nSPS) is 47.5. The molecule has 31 heavy (non-hydrogen) atoms. The van der Waals surface area contributed by atoms with Crippen LogP contribution in [0.4, 0.5) is 0 Å². The topological polar surface area (TPSA) is 60.7 Å². The van der Waals surface area contributed by atoms with Crippen molar-refractivity contribution in [2.45, 2.75) is 116 Å². The van der Waals surface area contributed by atoms with E-state index in [-0.39, 0.29) is 6.61 Å². The Kier molecular flexibility index (Phi) is 6.24. The van der Waals surface area contributed by atoms with Gasteiger partial charge >= 0.3 is 0 Å². The molecular weight excluding hydrogens is 384 g/mol. The van der Waals surface area contributed by atoms with Crippen LogP contribution in [0.5, 0.6) is 0 Å². The predicted octanol–water partition coefficient (Wildman–Crippen LogP) is 5.87. The van der Waals surface area contributed by atoms with Gasteiger partial charge in [-0.1, -0.05) is 32.4 Å². The Morgan fingerprint density at radius 3 is 2.52 bits per heavy atom. The smallest absolute Gasteiger partial charge is 0.0657 e. The van der Waals surface area contributed by atoms with E-state index in [2.05, 4.69) is 26.8 Å². The number of allylic oxidation sites excluding steroid dienone is 1. The highest BCUT2D eigenvalue weighted by Gasteiger charge is 2.59. The van der Waals surface area contributed by atoms with E-state index in [9.17, 15) is 15.3 Å². The van der Waals surface area contributed by atoms with E-state index < -0.39 is 11.2 Å². The molecule has 3 saturated carbocycles. The number of hydrogen-bond donors (Lipinski definition) is 3. The van der Waals surface area contributed by atoms with Gasteiger partial charge in [0.25, 0.3) is 0 Å². The molecule has 3 N–H and O–H groups in total. The highest BCUT2D eigenvalue weighted by atomic mass is 16.3. The van der Waals surface area contributed by atoms with Crippen LogP contribution >= 0.6 is 0 Å². The molecule has 0 aromatic rings. The van der Waals surface area contributed by atoms with Crippen LogP contribution in [0, 0.1) is 40.4 Å². The second-order valence-electron chi connectivity index (χ2n) is 13.1. The van der Waals surface area contributed by atoms with Gasteiger partial charge in [0.2, 0.25) is 0 Å². The Morgan fingerprint density at radius 2 is 1.81 bits per heavy atom. The summed E-state index contributed by atoms with van der Waals surface area (Å²) in [5.74, 6) is 3.82. The van der Waals surface area contributed by atoms with Crippen LogP contribution in [0.25, 0.3) is 0 Å². The van der Waals surface area contributed by atoms with Gasteiger partial charge in [-0.15, -0.1) is 0 Å². The zero-order valence-corrected chi connectivity index (χ0v) is 20.8. The molecule has 0 aliphatic heterocycles. The zero-order chi connectivity index (χ0) is 22.7. The molecule has 1 unspecified atom stereocenters. The molecule has 9 atom stereocenters. The van der Waals surface area contributed by atoms with Crippen molar-refractivity contribution in [3.8, 4) is 0 Å². The SMILES string of the molecule is C[C@H](CCC(C)(O)CCO)[C@H]1CC[C@H]2[C@@H]3CC=C4C[C@@](C)(O)CC[C@]4(C)[C@H]3CC[C@]12C. The Bertz CT molecular complexity index is 694. The largest absolute Gasteiger partial charge is 0.396 e. The Hall–Kier alpha value is -0.380. The molecule has 3 nitrogen and oxygen atoms in total. The summed E-state index contributed by atoms with van der Waals surface area (Å²) >= 11 is 0. The molecule has 4 aliphatic rings. The molecule has 0 saturated heterocycles. The van der Waals surface area contributed by atoms with E-state index in [4.69, 9.17) is 0 Å². The molecule has 3 heteroatoms. The van der Waals surface area contributed by atoms with Crippen LogP contribution < -0.4 is 0 Å². The first-order valence-corrected chi connectivity index (χ1v) is 13.2. The Balaban J connectivity index is 1.48. The van der Waals surface area contributed by atoms with Crippen LogP contribution in [0.1, 0.15) is 105 Å². The average Bonchev–Trinajstić information content (AvgIpc) is 3.04. The first-order valence-electron chi connectivity index (χ1n) is 13.2. The predicted molar refractivity (Wildman–Crippen MR) is 127 cm³/mol. The second-order valence-corrected chi connectivity index (χ2v) is 13.1. The van der Waals surface area contributed by atoms with Crippen molar-refractivity contribution in [1.29, 1.82) is 0 Å². The molecular formula is C28H48O3. The van der Waals surface area contributed by atoms with Gasteiger partial charge in [-0.25, -0.2) is 0 Å². The van der Waals surface area contributed by atoms with Gasteiger partial charge in [0.05, 0.1) is 11.2 Å². The summed E-state index contributed by atoms with van der Waals surface area (Å²) in [6.07, 6.45) is 14.5. The van der Waals surface area contributed by atoms with Gasteiger partial charge in [-0.2, -0.15) is 0 Å². The van der Waals surface area contributed by atoms with Crippen LogP contribution in [0.2, 0.25) is 0 Å². The lowest BCUT2D eigenvalue weighted by Crippen LogP contribution is -2.52. The lowest BCUT2D eigenvalue weighted by molar-refractivity contribution is -0.0716. The molecule has 0 heterocycles.